The van der Waals surface area contributed by atoms with Gasteiger partial charge in [-0.05, 0) is 99.4 Å². The number of carbonyl (C=O) groups excluding carboxylic acids is 2. The van der Waals surface area contributed by atoms with Crippen LogP contribution in [0.5, 0.6) is 5.75 Å². The van der Waals surface area contributed by atoms with E-state index in [2.05, 4.69) is 61.6 Å². The molecule has 3 fully saturated rings. The number of benzene rings is 3. The van der Waals surface area contributed by atoms with Crippen molar-refractivity contribution >= 4 is 75.6 Å². The number of aromatic nitrogens is 3. The van der Waals surface area contributed by atoms with Crippen LogP contribution in [0.15, 0.2) is 54.7 Å². The normalized spacial score (nSPS) is 18.0. The van der Waals surface area contributed by atoms with Crippen LogP contribution >= 0.6 is 18.7 Å². The summed E-state index contributed by atoms with van der Waals surface area (Å²) in [5.41, 5.74) is 5.74. The second-order valence-corrected chi connectivity index (χ2v) is 21.1. The Morgan fingerprint density at radius 2 is 1.63 bits per heavy atom. The van der Waals surface area contributed by atoms with Crippen molar-refractivity contribution in [2.75, 3.05) is 81.8 Å². The van der Waals surface area contributed by atoms with Gasteiger partial charge in [0.1, 0.15) is 29.5 Å². The zero-order valence-corrected chi connectivity index (χ0v) is 39.3. The summed E-state index contributed by atoms with van der Waals surface area (Å²) in [6.45, 7) is 13.8. The first-order valence-corrected chi connectivity index (χ1v) is 25.5. The summed E-state index contributed by atoms with van der Waals surface area (Å²) >= 11 is 6.66. The van der Waals surface area contributed by atoms with E-state index in [1.807, 2.05) is 24.3 Å². The average Bonchev–Trinajstić information content (AvgIpc) is 3.29. The monoisotopic (exact) mass is 927 g/mol. The number of fused-ring (bicyclic) bond motifs is 1. The Balaban J connectivity index is 0.874. The lowest BCUT2D eigenvalue weighted by molar-refractivity contribution is -0.134. The fourth-order valence-electron chi connectivity index (χ4n) is 9.52. The summed E-state index contributed by atoms with van der Waals surface area (Å²) in [6, 6.07) is 15.1. The highest BCUT2D eigenvalue weighted by atomic mass is 35.5. The maximum Gasteiger partial charge on any atom is 0.234 e. The Hall–Kier alpha value is -5.21. The van der Waals surface area contributed by atoms with Crippen LogP contribution in [-0.2, 0) is 33.4 Å². The van der Waals surface area contributed by atoms with Crippen molar-refractivity contribution in [2.24, 2.45) is 0 Å². The number of rotatable bonds is 14. The number of pyridine rings is 1. The van der Waals surface area contributed by atoms with Crippen molar-refractivity contribution in [3.63, 3.8) is 0 Å². The molecule has 5 heterocycles. The Morgan fingerprint density at radius 1 is 0.892 bits per heavy atom. The van der Waals surface area contributed by atoms with Crippen molar-refractivity contribution in [1.82, 2.24) is 30.1 Å². The standard InChI is InChI=1S/C48H57ClF2N9O4P/c1-6-30-26-40(55-48-52-28-35(49)46(57-48)54-39-12-11-38-33(45(39)65(4,5)63)9-8-31(7-2)53-38)42(64-3)27-41(30)60-18-15-32(16-19-60)59-22-20-58(21-23-59)17-14-29-24-36(50)44(37(51)25-29)34-10-13-43(61)56-47(34)62/h8-9,11-12,24-28,32,34H,6-7,10,13-23H2,1-5H3,(H,56,61,62)(H2,52,54,55,57)/t34-/m1/s1. The molecular weight excluding hydrogens is 871 g/mol. The number of ether oxygens (including phenoxy) is 1. The van der Waals surface area contributed by atoms with E-state index in [4.69, 9.17) is 26.3 Å². The number of piperidine rings is 2. The highest BCUT2D eigenvalue weighted by molar-refractivity contribution is 7.71. The third kappa shape index (κ3) is 10.3. The molecule has 344 valence electrons. The number of piperazine rings is 1. The fourth-order valence-corrected chi connectivity index (χ4v) is 11.1. The second kappa shape index (κ2) is 19.7. The van der Waals surface area contributed by atoms with Gasteiger partial charge in [-0.3, -0.25) is 24.8 Å². The maximum absolute atomic E-state index is 15.1. The number of aryl methyl sites for hydroxylation is 2. The van der Waals surface area contributed by atoms with E-state index in [1.165, 1.54) is 23.9 Å². The minimum Gasteiger partial charge on any atom is -0.494 e. The number of methoxy groups -OCH3 is 1. The van der Waals surface area contributed by atoms with E-state index in [9.17, 15) is 14.2 Å². The zero-order chi connectivity index (χ0) is 46.0. The number of hydrogen-bond donors (Lipinski definition) is 3. The number of imide groups is 1. The van der Waals surface area contributed by atoms with Crippen LogP contribution in [0.1, 0.15) is 67.8 Å². The minimum absolute atomic E-state index is 0.0626. The molecule has 17 heteroatoms. The molecule has 3 aliphatic heterocycles. The van der Waals surface area contributed by atoms with Crippen LogP contribution in [0.25, 0.3) is 10.9 Å². The summed E-state index contributed by atoms with van der Waals surface area (Å²) in [6.07, 6.45) is 5.86. The lowest BCUT2D eigenvalue weighted by Crippen LogP contribution is -2.53. The maximum atomic E-state index is 15.1. The van der Waals surface area contributed by atoms with E-state index < -0.39 is 36.5 Å². The first kappa shape index (κ1) is 46.3. The summed E-state index contributed by atoms with van der Waals surface area (Å²) in [5, 5.41) is 10.7. The predicted molar refractivity (Wildman–Crippen MR) is 255 cm³/mol. The first-order valence-electron chi connectivity index (χ1n) is 22.5. The van der Waals surface area contributed by atoms with Crippen molar-refractivity contribution in [3.05, 3.63) is 93.8 Å². The third-order valence-electron chi connectivity index (χ3n) is 13.0. The molecule has 13 nitrogen and oxygen atoms in total. The van der Waals surface area contributed by atoms with E-state index in [0.717, 1.165) is 92.9 Å². The van der Waals surface area contributed by atoms with Gasteiger partial charge in [-0.25, -0.2) is 13.8 Å². The predicted octanol–water partition coefficient (Wildman–Crippen LogP) is 8.17. The van der Waals surface area contributed by atoms with Crippen LogP contribution in [-0.4, -0.2) is 109 Å². The SMILES string of the molecule is CCc1ccc2c(P(C)(C)=O)c(Nc3nc(Nc4cc(CC)c(N5CCC(N6CCN(CCc7cc(F)c([C@H]8CCC(=O)NC8=O)c(F)c7)CC6)CC5)cc4OC)ncc3Cl)ccc2n1. The fraction of sp³-hybridized carbons (Fsp3) is 0.438. The van der Waals surface area contributed by atoms with E-state index in [1.54, 1.807) is 20.4 Å². The quantitative estimate of drug-likeness (QED) is 0.0730. The van der Waals surface area contributed by atoms with Crippen molar-refractivity contribution < 1.29 is 27.7 Å². The molecule has 5 aromatic rings. The summed E-state index contributed by atoms with van der Waals surface area (Å²) in [7, 11) is -1.12. The number of carbonyl (C=O) groups is 2. The molecule has 0 bridgehead atoms. The molecule has 3 N–H and O–H groups in total. The van der Waals surface area contributed by atoms with Crippen molar-refractivity contribution in [3.8, 4) is 5.75 Å². The lowest BCUT2D eigenvalue weighted by Gasteiger charge is -2.43. The Labute approximate surface area is 384 Å². The highest BCUT2D eigenvalue weighted by Gasteiger charge is 2.33. The zero-order valence-electron chi connectivity index (χ0n) is 37.6. The highest BCUT2D eigenvalue weighted by Crippen LogP contribution is 2.42. The largest absolute Gasteiger partial charge is 0.494 e. The molecule has 3 aliphatic rings. The van der Waals surface area contributed by atoms with Gasteiger partial charge in [0, 0.05) is 92.0 Å². The van der Waals surface area contributed by atoms with Gasteiger partial charge >= 0.3 is 0 Å². The number of nitrogens with zero attached hydrogens (tertiary/aromatic N) is 6. The smallest absolute Gasteiger partial charge is 0.234 e. The topological polar surface area (TPSA) is 145 Å². The molecule has 2 amide bonds. The van der Waals surface area contributed by atoms with Gasteiger partial charge in [0.2, 0.25) is 17.8 Å². The molecule has 0 saturated carbocycles. The van der Waals surface area contributed by atoms with Gasteiger partial charge in [0.25, 0.3) is 0 Å². The van der Waals surface area contributed by atoms with Gasteiger partial charge in [-0.1, -0.05) is 31.5 Å². The Kier molecular flexibility index (Phi) is 14.1. The molecule has 0 spiro atoms. The number of amides is 2. The van der Waals surface area contributed by atoms with Crippen LogP contribution in [0, 0.1) is 11.6 Å². The van der Waals surface area contributed by atoms with Gasteiger partial charge in [0.05, 0.1) is 36.1 Å². The van der Waals surface area contributed by atoms with E-state index >= 15 is 8.78 Å². The van der Waals surface area contributed by atoms with Gasteiger partial charge in [0.15, 0.2) is 5.82 Å². The van der Waals surface area contributed by atoms with E-state index in [-0.39, 0.29) is 18.4 Å². The van der Waals surface area contributed by atoms with Gasteiger partial charge in [-0.15, -0.1) is 0 Å². The average molecular weight is 928 g/mol. The summed E-state index contributed by atoms with van der Waals surface area (Å²) in [5.74, 6) is -2.18. The summed E-state index contributed by atoms with van der Waals surface area (Å²) in [4.78, 5) is 45.2. The van der Waals surface area contributed by atoms with Crippen LogP contribution in [0.2, 0.25) is 5.02 Å². The number of hydrogen-bond acceptors (Lipinski definition) is 12. The van der Waals surface area contributed by atoms with Crippen LogP contribution < -0.4 is 30.9 Å². The van der Waals surface area contributed by atoms with Gasteiger partial charge < -0.3 is 29.7 Å². The molecule has 0 radical (unpaired) electrons. The molecule has 3 aromatic carbocycles. The number of nitrogens with one attached hydrogen (secondary N) is 3. The van der Waals surface area contributed by atoms with Crippen molar-refractivity contribution in [2.45, 2.75) is 70.8 Å². The Morgan fingerprint density at radius 3 is 2.29 bits per heavy atom. The van der Waals surface area contributed by atoms with Crippen molar-refractivity contribution in [1.29, 1.82) is 0 Å². The molecular formula is C48H57ClF2N9O4P. The number of halogens is 3. The van der Waals surface area contributed by atoms with Crippen LogP contribution in [0.4, 0.5) is 37.6 Å². The first-order chi connectivity index (χ1) is 31.2. The Bertz CT molecular complexity index is 2630. The number of anilines is 5. The second-order valence-electron chi connectivity index (χ2n) is 17.5. The van der Waals surface area contributed by atoms with Crippen LogP contribution in [0.3, 0.4) is 0 Å². The lowest BCUT2D eigenvalue weighted by atomic mass is 9.89. The molecule has 0 aliphatic carbocycles. The third-order valence-corrected chi connectivity index (χ3v) is 14.8. The molecule has 1 atom stereocenters. The molecule has 8 rings (SSSR count). The van der Waals surface area contributed by atoms with E-state index in [0.29, 0.717) is 58.1 Å². The minimum atomic E-state index is -2.77. The molecule has 0 unspecified atom stereocenters. The molecule has 65 heavy (non-hydrogen) atoms. The molecule has 3 saturated heterocycles. The molecule has 2 aromatic heterocycles. The van der Waals surface area contributed by atoms with Gasteiger partial charge in [-0.2, -0.15) is 4.98 Å². The summed E-state index contributed by atoms with van der Waals surface area (Å²) < 4.78 is 49.8.